The van der Waals surface area contributed by atoms with Crippen molar-refractivity contribution in [3.63, 3.8) is 0 Å². The van der Waals surface area contributed by atoms with Gasteiger partial charge in [0.05, 0.1) is 5.69 Å². The number of aryl methyl sites for hydroxylation is 8. The Labute approximate surface area is 736 Å². The highest BCUT2D eigenvalue weighted by Gasteiger charge is 2.23. The van der Waals surface area contributed by atoms with Crippen LogP contribution in [-0.2, 0) is 0 Å². The van der Waals surface area contributed by atoms with Gasteiger partial charge >= 0.3 is 21.4 Å². The van der Waals surface area contributed by atoms with Crippen LogP contribution in [0.2, 0.25) is 0 Å². The molecule has 6 N–H and O–H groups in total. The third kappa shape index (κ3) is 15.9. The molecule has 0 bridgehead atoms. The summed E-state index contributed by atoms with van der Waals surface area (Å²) in [4.78, 5) is 8.29. The lowest BCUT2D eigenvalue weighted by Crippen LogP contribution is -2.32. The maximum atomic E-state index is 9.60. The average molecular weight is 1830 g/mol. The molecular formula is C106H81B3Br4N2O6. The van der Waals surface area contributed by atoms with Crippen LogP contribution in [0.5, 0.6) is 0 Å². The number of benzene rings is 20. The SMILES string of the molecule is Brc1cccc(-c2ccncc2)n1.Cc1cc(-c2ccc3ccc4cccc5ccc2c3c45)c(C)cc1B(O)O.Cc1cc(-c2ccc3ccc4cccc5ccc2c3c45)c(C)cc1B(O)O.Cc1cc(-c2ccc3ccc4cccc5ccc2c3c45)c(C)cc1Br.Cc1cc(Br)c(C)cc1Br.OB(O)c1ccc2ccc3cccc4ccc1c2c34. The number of hydrogen-bond acceptors (Lipinski definition) is 8. The molecule has 0 aliphatic rings. The molecular weight excluding hydrogens is 1750 g/mol. The van der Waals surface area contributed by atoms with E-state index >= 15 is 0 Å². The maximum absolute atomic E-state index is 9.60. The molecule has 121 heavy (non-hydrogen) atoms. The summed E-state index contributed by atoms with van der Waals surface area (Å²) in [6.45, 7) is 16.4. The van der Waals surface area contributed by atoms with Crippen LogP contribution in [-0.4, -0.2) is 61.5 Å². The van der Waals surface area contributed by atoms with Crippen molar-refractivity contribution in [1.82, 2.24) is 9.97 Å². The van der Waals surface area contributed by atoms with Crippen molar-refractivity contribution in [1.29, 1.82) is 0 Å². The fourth-order valence-corrected chi connectivity index (χ4v) is 19.3. The molecule has 15 heteroatoms. The second kappa shape index (κ2) is 34.3. The van der Waals surface area contributed by atoms with Crippen LogP contribution in [0.3, 0.4) is 0 Å². The first-order valence-electron chi connectivity index (χ1n) is 40.1. The molecule has 0 unspecified atom stereocenters. The molecule has 20 aromatic carbocycles. The van der Waals surface area contributed by atoms with E-state index in [2.05, 4.69) is 326 Å². The third-order valence-electron chi connectivity index (χ3n) is 23.7. The van der Waals surface area contributed by atoms with Crippen LogP contribution in [0.1, 0.15) is 44.5 Å². The quantitative estimate of drug-likeness (QED) is 0.0525. The predicted octanol–water partition coefficient (Wildman–Crippen LogP) is 25.7. The summed E-state index contributed by atoms with van der Waals surface area (Å²) >= 11 is 13.9. The lowest BCUT2D eigenvalue weighted by Gasteiger charge is -2.17. The van der Waals surface area contributed by atoms with E-state index < -0.39 is 21.4 Å². The Bertz CT molecular complexity index is 7380. The van der Waals surface area contributed by atoms with E-state index in [1.54, 1.807) is 18.5 Å². The minimum absolute atomic E-state index is 0.561. The van der Waals surface area contributed by atoms with Crippen LogP contribution in [0.4, 0.5) is 0 Å². The number of hydrogen-bond donors (Lipinski definition) is 6. The Kier molecular flexibility index (Phi) is 23.3. The van der Waals surface area contributed by atoms with Gasteiger partial charge in [0.15, 0.2) is 0 Å². The van der Waals surface area contributed by atoms with Gasteiger partial charge in [0.2, 0.25) is 0 Å². The van der Waals surface area contributed by atoms with Gasteiger partial charge < -0.3 is 30.1 Å². The third-order valence-corrected chi connectivity index (χ3v) is 26.7. The van der Waals surface area contributed by atoms with Gasteiger partial charge in [-0.3, -0.25) is 4.98 Å². The molecule has 2 heterocycles. The smallest absolute Gasteiger partial charge is 0.423 e. The molecule has 22 rings (SSSR count). The lowest BCUT2D eigenvalue weighted by atomic mass is 9.75. The lowest BCUT2D eigenvalue weighted by molar-refractivity contribution is 0.424. The fraction of sp³-hybridized carbons (Fsp3) is 0.0755. The van der Waals surface area contributed by atoms with E-state index in [0.717, 1.165) is 65.4 Å². The fourth-order valence-electron chi connectivity index (χ4n) is 17.6. The molecule has 2 aromatic heterocycles. The molecule has 22 aromatic rings. The zero-order valence-electron chi connectivity index (χ0n) is 67.8. The van der Waals surface area contributed by atoms with Gasteiger partial charge in [0.1, 0.15) is 4.60 Å². The highest BCUT2D eigenvalue weighted by Crippen LogP contribution is 2.45. The average Bonchev–Trinajstić information content (AvgIpc) is 0.747. The van der Waals surface area contributed by atoms with Gasteiger partial charge in [-0.2, -0.15) is 0 Å². The van der Waals surface area contributed by atoms with E-state index in [-0.39, 0.29) is 0 Å². The normalized spacial score (nSPS) is 11.4. The zero-order valence-corrected chi connectivity index (χ0v) is 74.1. The zero-order chi connectivity index (χ0) is 84.3. The van der Waals surface area contributed by atoms with Crippen molar-refractivity contribution in [2.24, 2.45) is 0 Å². The topological polar surface area (TPSA) is 147 Å². The monoisotopic (exact) mass is 1830 g/mol. The van der Waals surface area contributed by atoms with Gasteiger partial charge in [-0.1, -0.05) is 314 Å². The van der Waals surface area contributed by atoms with Crippen LogP contribution in [0, 0.1) is 55.4 Å². The molecule has 0 aliphatic heterocycles. The first kappa shape index (κ1) is 82.1. The Morgan fingerprint density at radius 3 is 0.826 bits per heavy atom. The van der Waals surface area contributed by atoms with Crippen molar-refractivity contribution in [3.05, 3.63) is 372 Å². The van der Waals surface area contributed by atoms with Crippen LogP contribution >= 0.6 is 63.7 Å². The van der Waals surface area contributed by atoms with E-state index in [1.807, 2.05) is 94.4 Å². The Morgan fingerprint density at radius 1 is 0.223 bits per heavy atom. The number of halogens is 4. The maximum Gasteiger partial charge on any atom is 0.489 e. The summed E-state index contributed by atoms with van der Waals surface area (Å²) < 4.78 is 4.37. The molecule has 0 fully saturated rings. The summed E-state index contributed by atoms with van der Waals surface area (Å²) in [6, 6.07) is 104. The molecule has 0 saturated carbocycles. The van der Waals surface area contributed by atoms with Crippen LogP contribution in [0.15, 0.2) is 328 Å². The molecule has 0 saturated heterocycles. The molecule has 0 aliphatic carbocycles. The molecule has 0 radical (unpaired) electrons. The van der Waals surface area contributed by atoms with E-state index in [4.69, 9.17) is 0 Å². The standard InChI is InChI=1S/2C24H19BO2.C24H17Br.C16H11BO2.C10H7BrN2.C8H8Br2/c2*1-14-13-22(25(26)27)15(2)12-21(14)19-10-8-18-7-6-16-4-3-5-17-9-11-20(19)24(18)23(16)17;1-14-13-22(25)15(2)12-21(14)19-10-8-18-7-6-16-4-3-5-17-9-11-20(19)24(18)23(16)17;18-17(19)14-9-7-12-5-4-10-2-1-3-11-6-8-13(14)16(12)15(10)11;11-10-3-1-2-9(13-10)8-4-6-12-7-5-8;1-5-3-8(10)6(2)4-7(5)9/h2*3-13,26-27H,1-2H3;3-13H,1-2H3;1-9,18-19H;1-7H;3-4H,1-2H3. The summed E-state index contributed by atoms with van der Waals surface area (Å²) in [5.41, 5.74) is 19.9. The molecule has 588 valence electrons. The summed E-state index contributed by atoms with van der Waals surface area (Å²) in [5, 5.41) is 87.4. The predicted molar refractivity (Wildman–Crippen MR) is 529 cm³/mol. The first-order chi connectivity index (χ1) is 58.4. The summed E-state index contributed by atoms with van der Waals surface area (Å²) in [6.07, 6.45) is 3.52. The molecule has 0 amide bonds. The van der Waals surface area contributed by atoms with E-state index in [1.165, 1.54) is 171 Å². The number of nitrogens with zero attached hydrogens (tertiary/aromatic N) is 2. The van der Waals surface area contributed by atoms with Crippen molar-refractivity contribution >= 4 is 231 Å². The molecule has 0 atom stereocenters. The minimum Gasteiger partial charge on any atom is -0.423 e. The van der Waals surface area contributed by atoms with Gasteiger partial charge in [0, 0.05) is 31.4 Å². The van der Waals surface area contributed by atoms with Gasteiger partial charge in [0.25, 0.3) is 0 Å². The van der Waals surface area contributed by atoms with Crippen LogP contribution < -0.4 is 16.4 Å². The Hall–Kier alpha value is -11.3. The minimum atomic E-state index is -1.45. The van der Waals surface area contributed by atoms with Gasteiger partial charge in [-0.05, 0) is 326 Å². The number of aromatic nitrogens is 2. The Morgan fingerprint density at radius 2 is 0.488 bits per heavy atom. The second-order valence-electron chi connectivity index (χ2n) is 31.4. The highest BCUT2D eigenvalue weighted by molar-refractivity contribution is 9.11. The number of rotatable bonds is 7. The first-order valence-corrected chi connectivity index (χ1v) is 43.3. The number of pyridine rings is 2. The summed E-state index contributed by atoms with van der Waals surface area (Å²) in [5.74, 6) is 0. The Balaban J connectivity index is 0.000000106. The molecule has 0 spiro atoms. The van der Waals surface area contributed by atoms with Crippen molar-refractivity contribution in [2.45, 2.75) is 55.4 Å². The van der Waals surface area contributed by atoms with E-state index in [9.17, 15) is 30.1 Å². The van der Waals surface area contributed by atoms with Gasteiger partial charge in [-0.25, -0.2) is 4.98 Å². The largest absolute Gasteiger partial charge is 0.489 e. The van der Waals surface area contributed by atoms with Crippen molar-refractivity contribution in [2.75, 3.05) is 0 Å². The molecule has 8 nitrogen and oxygen atoms in total. The van der Waals surface area contributed by atoms with Crippen molar-refractivity contribution in [3.8, 4) is 44.6 Å². The second-order valence-corrected chi connectivity index (χ2v) is 34.8. The van der Waals surface area contributed by atoms with Gasteiger partial charge in [-0.15, -0.1) is 0 Å². The highest BCUT2D eigenvalue weighted by atomic mass is 79.9. The van der Waals surface area contributed by atoms with E-state index in [0.29, 0.717) is 16.4 Å². The van der Waals surface area contributed by atoms with Crippen molar-refractivity contribution < 1.29 is 30.1 Å². The van der Waals surface area contributed by atoms with Crippen LogP contribution in [0.25, 0.3) is 174 Å². The summed E-state index contributed by atoms with van der Waals surface area (Å²) in [7, 11) is -4.33.